The van der Waals surface area contributed by atoms with Gasteiger partial charge < -0.3 is 14.7 Å². The number of halogens is 1. The van der Waals surface area contributed by atoms with Gasteiger partial charge in [-0.15, -0.1) is 0 Å². The third kappa shape index (κ3) is 3.48. The van der Waals surface area contributed by atoms with Crippen molar-refractivity contribution in [1.29, 1.82) is 0 Å². The molecule has 0 radical (unpaired) electrons. The Bertz CT molecular complexity index is 478. The molecule has 1 aliphatic rings. The van der Waals surface area contributed by atoms with Gasteiger partial charge in [-0.25, -0.2) is 4.39 Å². The van der Waals surface area contributed by atoms with Crippen molar-refractivity contribution < 1.29 is 19.0 Å². The van der Waals surface area contributed by atoms with Crippen molar-refractivity contribution in [2.75, 3.05) is 19.7 Å². The van der Waals surface area contributed by atoms with Gasteiger partial charge in [-0.05, 0) is 37.5 Å². The van der Waals surface area contributed by atoms with E-state index < -0.39 is 5.82 Å². The van der Waals surface area contributed by atoms with Crippen molar-refractivity contribution in [2.24, 2.45) is 0 Å². The molecule has 1 aromatic carbocycles. The number of amides is 1. The minimum absolute atomic E-state index is 0.0149. The Kier molecular flexibility index (Phi) is 4.95. The Morgan fingerprint density at radius 1 is 1.55 bits per heavy atom. The summed E-state index contributed by atoms with van der Waals surface area (Å²) in [6.07, 6.45) is 2.76. The lowest BCUT2D eigenvalue weighted by atomic mass is 10.1. The first kappa shape index (κ1) is 14.8. The number of ether oxygens (including phenoxy) is 1. The largest absolute Gasteiger partial charge is 0.507 e. The normalized spacial score (nSPS) is 19.1. The van der Waals surface area contributed by atoms with Crippen molar-refractivity contribution in [1.82, 2.24) is 4.90 Å². The van der Waals surface area contributed by atoms with Gasteiger partial charge in [0.2, 0.25) is 0 Å². The lowest BCUT2D eigenvalue weighted by molar-refractivity contribution is 0.00201. The molecular formula is C15H20FNO3. The molecule has 0 saturated carbocycles. The number of likely N-dealkylation sites (tertiary alicyclic amines) is 1. The Morgan fingerprint density at radius 3 is 3.10 bits per heavy atom. The fraction of sp³-hybridized carbons (Fsp3) is 0.533. The van der Waals surface area contributed by atoms with E-state index in [0.29, 0.717) is 19.7 Å². The van der Waals surface area contributed by atoms with Crippen LogP contribution in [0.5, 0.6) is 5.75 Å². The second-order valence-corrected chi connectivity index (χ2v) is 5.05. The molecule has 1 saturated heterocycles. The number of carbonyl (C=O) groups is 1. The number of hydrogen-bond acceptors (Lipinski definition) is 3. The van der Waals surface area contributed by atoms with Crippen LogP contribution in [0.25, 0.3) is 0 Å². The van der Waals surface area contributed by atoms with Crippen molar-refractivity contribution in [3.05, 3.63) is 29.6 Å². The Labute approximate surface area is 118 Å². The zero-order valence-corrected chi connectivity index (χ0v) is 11.6. The van der Waals surface area contributed by atoms with E-state index in [1.54, 1.807) is 4.90 Å². The monoisotopic (exact) mass is 281 g/mol. The van der Waals surface area contributed by atoms with Crippen molar-refractivity contribution in [3.63, 3.8) is 0 Å². The number of hydrogen-bond donors (Lipinski definition) is 1. The first-order valence-electron chi connectivity index (χ1n) is 7.01. The molecule has 0 aliphatic carbocycles. The highest BCUT2D eigenvalue weighted by Gasteiger charge is 2.26. The lowest BCUT2D eigenvalue weighted by Crippen LogP contribution is -2.43. The van der Waals surface area contributed by atoms with Crippen molar-refractivity contribution in [3.8, 4) is 5.75 Å². The summed E-state index contributed by atoms with van der Waals surface area (Å²) in [5, 5.41) is 9.70. The van der Waals surface area contributed by atoms with Crippen LogP contribution in [0.4, 0.5) is 4.39 Å². The molecule has 4 nitrogen and oxygen atoms in total. The number of rotatable bonds is 4. The maximum Gasteiger partial charge on any atom is 0.257 e. The van der Waals surface area contributed by atoms with Crippen LogP contribution < -0.4 is 0 Å². The summed E-state index contributed by atoms with van der Waals surface area (Å²) in [6.45, 7) is 3.82. The van der Waals surface area contributed by atoms with Crippen molar-refractivity contribution in [2.45, 2.75) is 32.3 Å². The molecule has 1 fully saturated rings. The van der Waals surface area contributed by atoms with Crippen molar-refractivity contribution >= 4 is 5.91 Å². The van der Waals surface area contributed by atoms with Crippen LogP contribution in [0.1, 0.15) is 36.5 Å². The van der Waals surface area contributed by atoms with Gasteiger partial charge in [0.05, 0.1) is 11.7 Å². The van der Waals surface area contributed by atoms with Gasteiger partial charge >= 0.3 is 0 Å². The number of carbonyl (C=O) groups excluding carboxylic acids is 1. The van der Waals surface area contributed by atoms with Gasteiger partial charge in [0.1, 0.15) is 11.6 Å². The molecule has 1 aromatic rings. The van der Waals surface area contributed by atoms with E-state index in [-0.39, 0.29) is 23.3 Å². The quantitative estimate of drug-likeness (QED) is 0.922. The van der Waals surface area contributed by atoms with Crippen LogP contribution in [0.15, 0.2) is 18.2 Å². The number of nitrogens with zero attached hydrogens (tertiary/aromatic N) is 1. The lowest BCUT2D eigenvalue weighted by Gasteiger charge is -2.32. The van der Waals surface area contributed by atoms with Gasteiger partial charge in [-0.3, -0.25) is 4.79 Å². The van der Waals surface area contributed by atoms with Gasteiger partial charge in [-0.2, -0.15) is 0 Å². The summed E-state index contributed by atoms with van der Waals surface area (Å²) < 4.78 is 18.9. The molecule has 110 valence electrons. The second kappa shape index (κ2) is 6.70. The van der Waals surface area contributed by atoms with E-state index in [9.17, 15) is 14.3 Å². The average molecular weight is 281 g/mol. The third-order valence-corrected chi connectivity index (χ3v) is 3.41. The summed E-state index contributed by atoms with van der Waals surface area (Å²) in [5.41, 5.74) is 0.0149. The maximum atomic E-state index is 13.2. The predicted octanol–water partition coefficient (Wildman–Crippen LogP) is 2.56. The number of piperidine rings is 1. The zero-order chi connectivity index (χ0) is 14.5. The van der Waals surface area contributed by atoms with Crippen LogP contribution in [0, 0.1) is 5.82 Å². The topological polar surface area (TPSA) is 49.8 Å². The maximum absolute atomic E-state index is 13.2. The highest BCUT2D eigenvalue weighted by Crippen LogP contribution is 2.22. The van der Waals surface area contributed by atoms with Crippen LogP contribution in [0.2, 0.25) is 0 Å². The van der Waals surface area contributed by atoms with Gasteiger partial charge in [-0.1, -0.05) is 6.92 Å². The number of benzene rings is 1. The fourth-order valence-electron chi connectivity index (χ4n) is 2.39. The van der Waals surface area contributed by atoms with E-state index in [1.165, 1.54) is 6.07 Å². The SMILES string of the molecule is CCCO[C@@H]1CCCN(C(=O)c2cc(F)ccc2O)C1. The van der Waals surface area contributed by atoms with Crippen LogP contribution in [-0.4, -0.2) is 41.7 Å². The standard InChI is InChI=1S/C15H20FNO3/c1-2-8-20-12-4-3-7-17(10-12)15(19)13-9-11(16)5-6-14(13)18/h5-6,9,12,18H,2-4,7-8,10H2,1H3/t12-/m1/s1. The summed E-state index contributed by atoms with van der Waals surface area (Å²) >= 11 is 0. The molecule has 0 aromatic heterocycles. The van der Waals surface area contributed by atoms with Crippen LogP contribution in [-0.2, 0) is 4.74 Å². The predicted molar refractivity (Wildman–Crippen MR) is 73.2 cm³/mol. The summed E-state index contributed by atoms with van der Waals surface area (Å²) in [6, 6.07) is 3.42. The number of phenolic OH excluding ortho intramolecular Hbond substituents is 1. The summed E-state index contributed by atoms with van der Waals surface area (Å²) in [7, 11) is 0. The molecule has 2 rings (SSSR count). The smallest absolute Gasteiger partial charge is 0.257 e. The minimum atomic E-state index is -0.526. The third-order valence-electron chi connectivity index (χ3n) is 3.41. The van der Waals surface area contributed by atoms with Gasteiger partial charge in [0, 0.05) is 19.7 Å². The molecule has 1 N–H and O–H groups in total. The number of phenols is 1. The first-order valence-corrected chi connectivity index (χ1v) is 7.01. The Balaban J connectivity index is 2.06. The first-order chi connectivity index (χ1) is 9.61. The molecular weight excluding hydrogens is 261 g/mol. The molecule has 5 heteroatoms. The Morgan fingerprint density at radius 2 is 2.35 bits per heavy atom. The van der Waals surface area contributed by atoms with Crippen LogP contribution >= 0.6 is 0 Å². The zero-order valence-electron chi connectivity index (χ0n) is 11.6. The molecule has 20 heavy (non-hydrogen) atoms. The van der Waals surface area contributed by atoms with E-state index in [0.717, 1.165) is 31.4 Å². The molecule has 1 atom stereocenters. The van der Waals surface area contributed by atoms with E-state index in [1.807, 2.05) is 6.92 Å². The van der Waals surface area contributed by atoms with E-state index >= 15 is 0 Å². The average Bonchev–Trinajstić information content (AvgIpc) is 2.47. The van der Waals surface area contributed by atoms with Gasteiger partial charge in [0.15, 0.2) is 0 Å². The van der Waals surface area contributed by atoms with Gasteiger partial charge in [0.25, 0.3) is 5.91 Å². The van der Waals surface area contributed by atoms with E-state index in [2.05, 4.69) is 0 Å². The fourth-order valence-corrected chi connectivity index (χ4v) is 2.39. The minimum Gasteiger partial charge on any atom is -0.507 e. The molecule has 0 spiro atoms. The molecule has 1 aliphatic heterocycles. The molecule has 1 heterocycles. The van der Waals surface area contributed by atoms with E-state index in [4.69, 9.17) is 4.74 Å². The molecule has 1 amide bonds. The highest BCUT2D eigenvalue weighted by atomic mass is 19.1. The second-order valence-electron chi connectivity index (χ2n) is 5.05. The molecule has 0 bridgehead atoms. The number of aromatic hydroxyl groups is 1. The molecule has 0 unspecified atom stereocenters. The Hall–Kier alpha value is -1.62. The summed E-state index contributed by atoms with van der Waals surface area (Å²) in [4.78, 5) is 14.0. The van der Waals surface area contributed by atoms with Crippen LogP contribution in [0.3, 0.4) is 0 Å². The highest BCUT2D eigenvalue weighted by molar-refractivity contribution is 5.96. The summed E-state index contributed by atoms with van der Waals surface area (Å²) in [5.74, 6) is -1.05.